The molecule has 0 amide bonds. The third kappa shape index (κ3) is 2.90. The van der Waals surface area contributed by atoms with Gasteiger partial charge in [-0.1, -0.05) is 12.2 Å². The maximum absolute atomic E-state index is 14.0. The predicted octanol–water partition coefficient (Wildman–Crippen LogP) is 2.02. The van der Waals surface area contributed by atoms with Crippen LogP contribution in [-0.4, -0.2) is 26.4 Å². The summed E-state index contributed by atoms with van der Waals surface area (Å²) in [4.78, 5) is 17.5. The van der Waals surface area contributed by atoms with E-state index in [1.54, 1.807) is 27.6 Å². The minimum absolute atomic E-state index is 0.0862. The molecule has 0 spiro atoms. The number of halogens is 1. The SMILES string of the molecule is COc1cc(-n2c(=O)ccc3cnc4c(c32)=CC(c2cnn(C)c2)CC=4)ccc1F. The molecule has 6 nitrogen and oxygen atoms in total. The van der Waals surface area contributed by atoms with Crippen molar-refractivity contribution < 1.29 is 9.13 Å². The smallest absolute Gasteiger partial charge is 0.255 e. The Labute approximate surface area is 171 Å². The zero-order chi connectivity index (χ0) is 20.8. The maximum atomic E-state index is 14.0. The molecule has 1 unspecified atom stereocenters. The molecule has 0 saturated heterocycles. The Morgan fingerprint density at radius 2 is 2.07 bits per heavy atom. The molecule has 5 rings (SSSR count). The molecule has 30 heavy (non-hydrogen) atoms. The molecule has 150 valence electrons. The number of hydrogen-bond donors (Lipinski definition) is 0. The fourth-order valence-corrected chi connectivity index (χ4v) is 4.01. The van der Waals surface area contributed by atoms with Crippen LogP contribution in [0.1, 0.15) is 17.9 Å². The standard InChI is InChI=1S/C23H19FN4O2/c1-27-13-16(12-26-27)14-3-7-20-18(9-14)23-15(11-25-20)4-8-22(29)28(23)17-5-6-19(24)21(10-17)30-2/h4-14H,3H2,1-2H3. The van der Waals surface area contributed by atoms with Crippen molar-refractivity contribution in [3.8, 4) is 11.4 Å². The molecule has 1 aliphatic carbocycles. The second-order valence-electron chi connectivity index (χ2n) is 7.35. The number of pyridine rings is 2. The lowest BCUT2D eigenvalue weighted by Gasteiger charge is -2.16. The van der Waals surface area contributed by atoms with Crippen LogP contribution in [0.5, 0.6) is 5.75 Å². The Morgan fingerprint density at radius 3 is 2.83 bits per heavy atom. The number of methoxy groups -OCH3 is 1. The Morgan fingerprint density at radius 1 is 1.20 bits per heavy atom. The van der Waals surface area contributed by atoms with Gasteiger partial charge >= 0.3 is 0 Å². The summed E-state index contributed by atoms with van der Waals surface area (Å²) in [5.74, 6) is -0.261. The highest BCUT2D eigenvalue weighted by molar-refractivity contribution is 5.82. The van der Waals surface area contributed by atoms with E-state index in [1.807, 2.05) is 19.4 Å². The molecule has 0 radical (unpaired) electrons. The van der Waals surface area contributed by atoms with Crippen molar-refractivity contribution in [3.05, 3.63) is 81.2 Å². The molecule has 3 aromatic heterocycles. The summed E-state index contributed by atoms with van der Waals surface area (Å²) >= 11 is 0. The first-order valence-electron chi connectivity index (χ1n) is 9.60. The third-order valence-corrected chi connectivity index (χ3v) is 5.48. The molecule has 0 bridgehead atoms. The van der Waals surface area contributed by atoms with Crippen LogP contribution in [0, 0.1) is 5.82 Å². The van der Waals surface area contributed by atoms with E-state index < -0.39 is 5.82 Å². The first kappa shape index (κ1) is 18.3. The minimum atomic E-state index is -0.477. The van der Waals surface area contributed by atoms with Crippen molar-refractivity contribution in [1.29, 1.82) is 0 Å². The summed E-state index contributed by atoms with van der Waals surface area (Å²) in [5, 5.41) is 6.82. The number of ether oxygens (including phenoxy) is 1. The summed E-state index contributed by atoms with van der Waals surface area (Å²) < 4.78 is 22.5. The van der Waals surface area contributed by atoms with Gasteiger partial charge in [-0.3, -0.25) is 19.0 Å². The predicted molar refractivity (Wildman–Crippen MR) is 113 cm³/mol. The van der Waals surface area contributed by atoms with Gasteiger partial charge in [-0.05, 0) is 30.2 Å². The normalized spacial score (nSPS) is 15.4. The summed E-state index contributed by atoms with van der Waals surface area (Å²) in [7, 11) is 3.29. The lowest BCUT2D eigenvalue weighted by molar-refractivity contribution is 0.386. The number of fused-ring (bicyclic) bond motifs is 3. The highest BCUT2D eigenvalue weighted by atomic mass is 19.1. The van der Waals surface area contributed by atoms with Gasteiger partial charge in [0.25, 0.3) is 5.56 Å². The Bertz CT molecular complexity index is 1470. The van der Waals surface area contributed by atoms with Crippen molar-refractivity contribution in [2.75, 3.05) is 7.11 Å². The average molecular weight is 402 g/mol. The lowest BCUT2D eigenvalue weighted by atomic mass is 9.93. The monoisotopic (exact) mass is 402 g/mol. The third-order valence-electron chi connectivity index (χ3n) is 5.48. The van der Waals surface area contributed by atoms with E-state index in [2.05, 4.69) is 22.2 Å². The molecule has 3 heterocycles. The molecule has 1 aliphatic rings. The van der Waals surface area contributed by atoms with E-state index >= 15 is 0 Å². The molecule has 4 aromatic rings. The number of hydrogen-bond acceptors (Lipinski definition) is 4. The molecular weight excluding hydrogens is 383 g/mol. The number of nitrogens with zero attached hydrogens (tertiary/aromatic N) is 4. The van der Waals surface area contributed by atoms with E-state index in [1.165, 1.54) is 25.3 Å². The Hall–Kier alpha value is -3.74. The molecule has 0 aliphatic heterocycles. The van der Waals surface area contributed by atoms with Crippen LogP contribution in [0.3, 0.4) is 0 Å². The highest BCUT2D eigenvalue weighted by Crippen LogP contribution is 2.24. The zero-order valence-corrected chi connectivity index (χ0v) is 16.5. The van der Waals surface area contributed by atoms with E-state index in [-0.39, 0.29) is 17.2 Å². The van der Waals surface area contributed by atoms with Gasteiger partial charge in [0, 0.05) is 48.1 Å². The molecule has 0 fully saturated rings. The van der Waals surface area contributed by atoms with Gasteiger partial charge in [0.1, 0.15) is 0 Å². The number of aromatic nitrogens is 4. The second-order valence-corrected chi connectivity index (χ2v) is 7.35. The van der Waals surface area contributed by atoms with E-state index in [0.29, 0.717) is 5.69 Å². The Balaban J connectivity index is 1.84. The maximum Gasteiger partial charge on any atom is 0.255 e. The zero-order valence-electron chi connectivity index (χ0n) is 16.5. The summed E-state index contributed by atoms with van der Waals surface area (Å²) in [6.07, 6.45) is 10.6. The van der Waals surface area contributed by atoms with Crippen LogP contribution in [0.25, 0.3) is 28.7 Å². The van der Waals surface area contributed by atoms with E-state index in [4.69, 9.17) is 4.74 Å². The minimum Gasteiger partial charge on any atom is -0.494 e. The first-order chi connectivity index (χ1) is 14.5. The van der Waals surface area contributed by atoms with Crippen LogP contribution in [0.2, 0.25) is 0 Å². The average Bonchev–Trinajstić information content (AvgIpc) is 3.20. The van der Waals surface area contributed by atoms with Gasteiger partial charge in [0.15, 0.2) is 11.6 Å². The largest absolute Gasteiger partial charge is 0.494 e. The van der Waals surface area contributed by atoms with Gasteiger partial charge in [0.05, 0.1) is 29.9 Å². The van der Waals surface area contributed by atoms with Crippen LogP contribution < -0.4 is 20.9 Å². The number of rotatable bonds is 3. The molecule has 1 aromatic carbocycles. The van der Waals surface area contributed by atoms with E-state index in [9.17, 15) is 9.18 Å². The van der Waals surface area contributed by atoms with E-state index in [0.717, 1.165) is 33.5 Å². The molecule has 1 atom stereocenters. The molecule has 0 saturated carbocycles. The van der Waals surface area contributed by atoms with Crippen LogP contribution in [0.4, 0.5) is 4.39 Å². The molecular formula is C23H19FN4O2. The molecule has 0 N–H and O–H groups in total. The summed E-state index contributed by atoms with van der Waals surface area (Å²) in [6, 6.07) is 7.69. The van der Waals surface area contributed by atoms with Crippen molar-refractivity contribution in [3.63, 3.8) is 0 Å². The lowest BCUT2D eigenvalue weighted by Crippen LogP contribution is -2.36. The number of benzene rings is 1. The Kier molecular flexibility index (Phi) is 4.24. The van der Waals surface area contributed by atoms with Crippen molar-refractivity contribution in [2.24, 2.45) is 7.05 Å². The second kappa shape index (κ2) is 6.95. The van der Waals surface area contributed by atoms with Crippen LogP contribution >= 0.6 is 0 Å². The van der Waals surface area contributed by atoms with Crippen molar-refractivity contribution in [2.45, 2.75) is 12.3 Å². The topological polar surface area (TPSA) is 61.9 Å². The van der Waals surface area contributed by atoms with Gasteiger partial charge in [-0.15, -0.1) is 0 Å². The van der Waals surface area contributed by atoms with Crippen LogP contribution in [0.15, 0.2) is 53.7 Å². The van der Waals surface area contributed by atoms with Crippen LogP contribution in [-0.2, 0) is 7.05 Å². The fourth-order valence-electron chi connectivity index (χ4n) is 4.01. The molecule has 7 heteroatoms. The van der Waals surface area contributed by atoms with Gasteiger partial charge in [0.2, 0.25) is 0 Å². The first-order valence-corrected chi connectivity index (χ1v) is 9.60. The number of aryl methyl sites for hydroxylation is 1. The summed E-state index contributed by atoms with van der Waals surface area (Å²) in [6.45, 7) is 0. The highest BCUT2D eigenvalue weighted by Gasteiger charge is 2.17. The quantitative estimate of drug-likeness (QED) is 0.526. The van der Waals surface area contributed by atoms with Gasteiger partial charge in [-0.2, -0.15) is 5.10 Å². The van der Waals surface area contributed by atoms with Crippen molar-refractivity contribution >= 4 is 23.1 Å². The summed E-state index contributed by atoms with van der Waals surface area (Å²) in [5.41, 5.74) is 2.17. The fraction of sp³-hybridized carbons (Fsp3) is 0.174. The van der Waals surface area contributed by atoms with Crippen molar-refractivity contribution in [1.82, 2.24) is 19.3 Å². The van der Waals surface area contributed by atoms with Gasteiger partial charge in [-0.25, -0.2) is 4.39 Å². The van der Waals surface area contributed by atoms with Gasteiger partial charge < -0.3 is 4.74 Å².